The molecule has 0 radical (unpaired) electrons. The van der Waals surface area contributed by atoms with Crippen LogP contribution in [0.3, 0.4) is 0 Å². The molecule has 6 heteroatoms. The van der Waals surface area contributed by atoms with Gasteiger partial charge in [0, 0.05) is 10.8 Å². The minimum Gasteiger partial charge on any atom is -0.389 e. The zero-order valence-electron chi connectivity index (χ0n) is 13.9. The molecule has 1 aromatic heterocycles. The fourth-order valence-electron chi connectivity index (χ4n) is 8.52. The molecule has 5 aliphatic carbocycles. The van der Waals surface area contributed by atoms with E-state index in [0.717, 1.165) is 6.42 Å². The lowest BCUT2D eigenvalue weighted by atomic mass is 9.67. The van der Waals surface area contributed by atoms with Crippen molar-refractivity contribution in [2.24, 2.45) is 34.5 Å². The maximum absolute atomic E-state index is 13.3. The highest BCUT2D eigenvalue weighted by Gasteiger charge is 3.02. The van der Waals surface area contributed by atoms with Gasteiger partial charge in [0.2, 0.25) is 0 Å². The maximum Gasteiger partial charge on any atom is 0.352 e. The molecule has 1 N–H and O–H groups in total. The second-order valence-corrected chi connectivity index (χ2v) is 9.13. The Morgan fingerprint density at radius 3 is 2.42 bits per heavy atom. The SMILES string of the molecule is O=c1n(-c2ccccc2)c(=O)n2n1[C@H]1[C@H]3[C@@H]4[C@@H]3[C@H]3[C@@]15C=C[C@H](O)C[C@]35[C@@H]42. The number of aliphatic hydroxyl groups excluding tert-OH is 1. The van der Waals surface area contributed by atoms with Gasteiger partial charge in [0.05, 0.1) is 23.9 Å². The van der Waals surface area contributed by atoms with Gasteiger partial charge in [-0.25, -0.2) is 23.5 Å². The van der Waals surface area contributed by atoms with Gasteiger partial charge in [-0.15, -0.1) is 0 Å². The van der Waals surface area contributed by atoms with E-state index in [1.165, 1.54) is 4.57 Å². The first-order valence-corrected chi connectivity index (χ1v) is 9.53. The van der Waals surface area contributed by atoms with Crippen LogP contribution in [0.4, 0.5) is 0 Å². The van der Waals surface area contributed by atoms with Crippen LogP contribution in [-0.2, 0) is 0 Å². The first-order chi connectivity index (χ1) is 12.6. The predicted molar refractivity (Wildman–Crippen MR) is 91.0 cm³/mol. The Morgan fingerprint density at radius 2 is 1.65 bits per heavy atom. The van der Waals surface area contributed by atoms with Crippen molar-refractivity contribution in [1.82, 2.24) is 13.9 Å². The molecule has 2 aromatic rings. The molecule has 0 unspecified atom stereocenters. The maximum atomic E-state index is 13.3. The molecule has 26 heavy (non-hydrogen) atoms. The van der Waals surface area contributed by atoms with Gasteiger partial charge in [-0.2, -0.15) is 0 Å². The van der Waals surface area contributed by atoms with Crippen LogP contribution < -0.4 is 11.4 Å². The fourth-order valence-corrected chi connectivity index (χ4v) is 8.52. The number of para-hydroxylation sites is 1. The summed E-state index contributed by atoms with van der Waals surface area (Å²) in [5.41, 5.74) is 0.254. The fraction of sp³-hybridized carbons (Fsp3) is 0.500. The van der Waals surface area contributed by atoms with Crippen LogP contribution in [0.25, 0.3) is 5.69 Å². The molecule has 0 saturated heterocycles. The molecule has 6 nitrogen and oxygen atoms in total. The smallest absolute Gasteiger partial charge is 0.352 e. The molecule has 9 rings (SSSR count). The van der Waals surface area contributed by atoms with Gasteiger partial charge in [-0.05, 0) is 42.2 Å². The second-order valence-electron chi connectivity index (χ2n) is 9.13. The molecule has 9 atom stereocenters. The second kappa shape index (κ2) is 3.31. The average Bonchev–Trinajstić information content (AvgIpc) is 3.40. The highest BCUT2D eigenvalue weighted by Crippen LogP contribution is 3.03. The summed E-state index contributed by atoms with van der Waals surface area (Å²) in [5, 5.41) is 10.3. The lowest BCUT2D eigenvalue weighted by Crippen LogP contribution is -2.53. The molecule has 4 fully saturated rings. The summed E-state index contributed by atoms with van der Waals surface area (Å²) < 4.78 is 4.93. The predicted octanol–water partition coefficient (Wildman–Crippen LogP) is 0.709. The lowest BCUT2D eigenvalue weighted by Gasteiger charge is -2.49. The molecule has 4 saturated carbocycles. The first kappa shape index (κ1) is 12.9. The van der Waals surface area contributed by atoms with Gasteiger partial charge < -0.3 is 5.11 Å². The molecular weight excluding hydrogens is 330 g/mol. The normalized spacial score (nSPS) is 52.0. The minimum atomic E-state index is -0.421. The molecule has 3 heterocycles. The van der Waals surface area contributed by atoms with Crippen LogP contribution >= 0.6 is 0 Å². The molecule has 1 aromatic carbocycles. The summed E-state index contributed by atoms with van der Waals surface area (Å²) in [7, 11) is 0. The number of hydrogen-bond acceptors (Lipinski definition) is 3. The highest BCUT2D eigenvalue weighted by molar-refractivity contribution is 5.54. The van der Waals surface area contributed by atoms with E-state index in [0.29, 0.717) is 29.4 Å². The standard InChI is InChI=1S/C20H17N3O3/c24-10-6-7-19-14-11-12-13(11)16(20(14,19)8-10)23-18(26)21(9-4-2-1-3-5-9)17(25)22(23)15(12)19/h1-7,10-16,24H,8H2/t10-,11+,12+,13-,14-,15-,16+,19-,20+/m0/s1. The van der Waals surface area contributed by atoms with Gasteiger partial charge in [-0.3, -0.25) is 0 Å². The minimum absolute atomic E-state index is 0.00898. The number of aliphatic hydroxyl groups is 1. The number of rotatable bonds is 1. The topological polar surface area (TPSA) is 69.2 Å². The van der Waals surface area contributed by atoms with Crippen LogP contribution in [-0.4, -0.2) is 25.1 Å². The third kappa shape index (κ3) is 0.895. The van der Waals surface area contributed by atoms with E-state index in [2.05, 4.69) is 6.08 Å². The van der Waals surface area contributed by atoms with E-state index >= 15 is 0 Å². The van der Waals surface area contributed by atoms with Crippen LogP contribution in [0.5, 0.6) is 0 Å². The van der Waals surface area contributed by atoms with Crippen molar-refractivity contribution in [2.45, 2.75) is 24.6 Å². The van der Waals surface area contributed by atoms with E-state index in [-0.39, 0.29) is 34.3 Å². The number of hydrogen-bond donors (Lipinski definition) is 1. The van der Waals surface area contributed by atoms with Gasteiger partial charge >= 0.3 is 11.4 Å². The molecule has 130 valence electrons. The Hall–Kier alpha value is -2.34. The number of allylic oxidation sites excluding steroid dienone is 1. The van der Waals surface area contributed by atoms with Crippen molar-refractivity contribution in [2.75, 3.05) is 0 Å². The lowest BCUT2D eigenvalue weighted by molar-refractivity contribution is -0.00744. The largest absolute Gasteiger partial charge is 0.389 e. The van der Waals surface area contributed by atoms with E-state index in [1.54, 1.807) is 9.36 Å². The summed E-state index contributed by atoms with van der Waals surface area (Å²) in [6, 6.07) is 9.41. The summed E-state index contributed by atoms with van der Waals surface area (Å²) in [5.74, 6) is 2.30. The van der Waals surface area contributed by atoms with Crippen LogP contribution in [0.1, 0.15) is 18.5 Å². The Kier molecular flexibility index (Phi) is 1.65. The van der Waals surface area contributed by atoms with Crippen molar-refractivity contribution < 1.29 is 5.11 Å². The van der Waals surface area contributed by atoms with E-state index < -0.39 is 6.10 Å². The monoisotopic (exact) mass is 347 g/mol. The summed E-state index contributed by atoms with van der Waals surface area (Å²) in [4.78, 5) is 26.7. The Bertz CT molecular complexity index is 1190. The van der Waals surface area contributed by atoms with Gasteiger partial charge in [0.15, 0.2) is 0 Å². The van der Waals surface area contributed by atoms with Gasteiger partial charge in [0.25, 0.3) is 0 Å². The Labute approximate surface area is 148 Å². The zero-order valence-corrected chi connectivity index (χ0v) is 13.9. The summed E-state index contributed by atoms with van der Waals surface area (Å²) in [6.07, 6.45) is 4.47. The van der Waals surface area contributed by atoms with E-state index in [9.17, 15) is 14.7 Å². The number of benzene rings is 1. The van der Waals surface area contributed by atoms with Crippen LogP contribution in [0.2, 0.25) is 0 Å². The molecule has 0 amide bonds. The first-order valence-electron chi connectivity index (χ1n) is 9.53. The van der Waals surface area contributed by atoms with Crippen molar-refractivity contribution >= 4 is 0 Å². The van der Waals surface area contributed by atoms with Crippen molar-refractivity contribution in [3.63, 3.8) is 0 Å². The third-order valence-corrected chi connectivity index (χ3v) is 8.81. The highest BCUT2D eigenvalue weighted by atomic mass is 16.3. The molecule has 2 bridgehead atoms. The van der Waals surface area contributed by atoms with Gasteiger partial charge in [-0.1, -0.05) is 30.4 Å². The molecular formula is C20H17N3O3. The number of aromatic nitrogens is 3. The number of nitrogens with zero attached hydrogens (tertiary/aromatic N) is 3. The van der Waals surface area contributed by atoms with E-state index in [1.807, 2.05) is 36.4 Å². The quantitative estimate of drug-likeness (QED) is 0.773. The van der Waals surface area contributed by atoms with Crippen molar-refractivity contribution in [3.8, 4) is 5.69 Å². The van der Waals surface area contributed by atoms with Gasteiger partial charge in [0.1, 0.15) is 0 Å². The summed E-state index contributed by atoms with van der Waals surface area (Å²) >= 11 is 0. The molecule has 7 aliphatic rings. The zero-order chi connectivity index (χ0) is 17.2. The van der Waals surface area contributed by atoms with Crippen molar-refractivity contribution in [1.29, 1.82) is 0 Å². The molecule has 2 aliphatic heterocycles. The van der Waals surface area contributed by atoms with E-state index in [4.69, 9.17) is 0 Å². The van der Waals surface area contributed by atoms with Crippen LogP contribution in [0, 0.1) is 34.5 Å². The van der Waals surface area contributed by atoms with Crippen LogP contribution in [0.15, 0.2) is 52.1 Å². The third-order valence-electron chi connectivity index (χ3n) is 8.81. The molecule has 2 spiro atoms. The average molecular weight is 347 g/mol. The Morgan fingerprint density at radius 1 is 0.962 bits per heavy atom. The Balaban J connectivity index is 1.47. The van der Waals surface area contributed by atoms with Crippen molar-refractivity contribution in [3.05, 3.63) is 63.5 Å². The summed E-state index contributed by atoms with van der Waals surface area (Å²) in [6.45, 7) is 0.